The van der Waals surface area contributed by atoms with Crippen LogP contribution >= 0.6 is 11.3 Å². The highest BCUT2D eigenvalue weighted by molar-refractivity contribution is 7.09. The van der Waals surface area contributed by atoms with Crippen LogP contribution in [0.4, 0.5) is 11.9 Å². The number of ether oxygens (including phenoxy) is 1. The van der Waals surface area contributed by atoms with Crippen LogP contribution in [0, 0.1) is 6.92 Å². The molecule has 0 aromatic carbocycles. The van der Waals surface area contributed by atoms with E-state index < -0.39 is 0 Å². The van der Waals surface area contributed by atoms with Gasteiger partial charge in [0.1, 0.15) is 5.01 Å². The van der Waals surface area contributed by atoms with Crippen LogP contribution in [0.1, 0.15) is 23.7 Å². The summed E-state index contributed by atoms with van der Waals surface area (Å²) in [4.78, 5) is 16.3. The number of aromatic nitrogens is 4. The number of hydrogen-bond acceptors (Lipinski definition) is 8. The fourth-order valence-electron chi connectivity index (χ4n) is 1.35. The van der Waals surface area contributed by atoms with Crippen LogP contribution in [0.15, 0.2) is 5.38 Å². The highest BCUT2D eigenvalue weighted by atomic mass is 32.1. The van der Waals surface area contributed by atoms with Crippen molar-refractivity contribution in [3.05, 3.63) is 16.1 Å². The van der Waals surface area contributed by atoms with E-state index in [0.29, 0.717) is 5.95 Å². The maximum atomic E-state index is 5.56. The molecule has 8 heteroatoms. The molecule has 0 fully saturated rings. The molecule has 0 aliphatic carbocycles. The lowest BCUT2D eigenvalue weighted by molar-refractivity contribution is 0.379. The molecule has 2 heterocycles. The van der Waals surface area contributed by atoms with Crippen LogP contribution < -0.4 is 15.8 Å². The van der Waals surface area contributed by atoms with Crippen molar-refractivity contribution < 1.29 is 4.74 Å². The van der Waals surface area contributed by atoms with Gasteiger partial charge >= 0.3 is 6.01 Å². The molecule has 1 unspecified atom stereocenters. The first-order valence-corrected chi connectivity index (χ1v) is 6.20. The SMILES string of the molecule is COc1nc(N)nc(NC(C)c2nc(C)cs2)n1. The van der Waals surface area contributed by atoms with Gasteiger partial charge in [0.25, 0.3) is 0 Å². The summed E-state index contributed by atoms with van der Waals surface area (Å²) >= 11 is 1.58. The van der Waals surface area contributed by atoms with Gasteiger partial charge in [-0.05, 0) is 13.8 Å². The molecule has 96 valence electrons. The fraction of sp³-hybridized carbons (Fsp3) is 0.400. The highest BCUT2D eigenvalue weighted by Crippen LogP contribution is 2.21. The molecule has 1 atom stereocenters. The second-order valence-corrected chi connectivity index (χ2v) is 4.59. The second kappa shape index (κ2) is 5.13. The topological polar surface area (TPSA) is 98.8 Å². The van der Waals surface area contributed by atoms with E-state index in [-0.39, 0.29) is 18.0 Å². The first-order chi connectivity index (χ1) is 8.58. The minimum atomic E-state index is -0.00444. The lowest BCUT2D eigenvalue weighted by atomic mass is 10.3. The number of hydrogen-bond donors (Lipinski definition) is 2. The Kier molecular flexibility index (Phi) is 3.56. The van der Waals surface area contributed by atoms with Crippen LogP contribution in [-0.4, -0.2) is 27.0 Å². The van der Waals surface area contributed by atoms with Crippen LogP contribution in [0.2, 0.25) is 0 Å². The monoisotopic (exact) mass is 266 g/mol. The Bertz CT molecular complexity index is 543. The van der Waals surface area contributed by atoms with E-state index >= 15 is 0 Å². The van der Waals surface area contributed by atoms with Crippen LogP contribution in [0.3, 0.4) is 0 Å². The molecule has 2 aromatic rings. The van der Waals surface area contributed by atoms with E-state index in [9.17, 15) is 0 Å². The zero-order valence-electron chi connectivity index (χ0n) is 10.3. The Balaban J connectivity index is 2.16. The highest BCUT2D eigenvalue weighted by Gasteiger charge is 2.12. The molecule has 0 saturated heterocycles. The average molecular weight is 266 g/mol. The van der Waals surface area contributed by atoms with Gasteiger partial charge in [0, 0.05) is 11.1 Å². The molecule has 0 bridgehead atoms. The Labute approximate surface area is 108 Å². The van der Waals surface area contributed by atoms with E-state index in [1.165, 1.54) is 7.11 Å². The van der Waals surface area contributed by atoms with Gasteiger partial charge < -0.3 is 15.8 Å². The van der Waals surface area contributed by atoms with Crippen LogP contribution in [0.25, 0.3) is 0 Å². The predicted molar refractivity (Wildman–Crippen MR) is 69.7 cm³/mol. The van der Waals surface area contributed by atoms with Crippen molar-refractivity contribution in [2.45, 2.75) is 19.9 Å². The third kappa shape index (κ3) is 2.83. The van der Waals surface area contributed by atoms with Crippen molar-refractivity contribution in [1.29, 1.82) is 0 Å². The largest absolute Gasteiger partial charge is 0.467 e. The molecule has 0 aliphatic heterocycles. The Morgan fingerprint density at radius 2 is 2.11 bits per heavy atom. The Morgan fingerprint density at radius 3 is 2.72 bits per heavy atom. The van der Waals surface area contributed by atoms with Crippen molar-refractivity contribution in [2.24, 2.45) is 0 Å². The van der Waals surface area contributed by atoms with Gasteiger partial charge in [0.05, 0.1) is 13.2 Å². The number of nitrogens with one attached hydrogen (secondary N) is 1. The lowest BCUT2D eigenvalue weighted by Crippen LogP contribution is -2.11. The van der Waals surface area contributed by atoms with E-state index in [0.717, 1.165) is 10.7 Å². The minimum Gasteiger partial charge on any atom is -0.467 e. The first kappa shape index (κ1) is 12.5. The first-order valence-electron chi connectivity index (χ1n) is 5.32. The molecular formula is C10H14N6OS. The standard InChI is InChI=1S/C10H14N6OS/c1-5-4-18-7(12-5)6(2)13-9-14-8(11)15-10(16-9)17-3/h4,6H,1-3H3,(H3,11,13,14,15,16). The molecule has 0 spiro atoms. The van der Waals surface area contributed by atoms with Gasteiger partial charge in [0.2, 0.25) is 11.9 Å². The number of methoxy groups -OCH3 is 1. The zero-order valence-corrected chi connectivity index (χ0v) is 11.2. The molecule has 0 aliphatic rings. The molecule has 18 heavy (non-hydrogen) atoms. The number of anilines is 2. The van der Waals surface area contributed by atoms with Gasteiger partial charge in [-0.3, -0.25) is 0 Å². The number of thiazole rings is 1. The lowest BCUT2D eigenvalue weighted by Gasteiger charge is -2.11. The summed E-state index contributed by atoms with van der Waals surface area (Å²) in [7, 11) is 1.48. The van der Waals surface area contributed by atoms with Crippen molar-refractivity contribution in [2.75, 3.05) is 18.2 Å². The number of nitrogens with zero attached hydrogens (tertiary/aromatic N) is 4. The third-order valence-corrected chi connectivity index (χ3v) is 3.31. The average Bonchev–Trinajstić information content (AvgIpc) is 2.75. The summed E-state index contributed by atoms with van der Waals surface area (Å²) < 4.78 is 4.93. The van der Waals surface area contributed by atoms with Gasteiger partial charge in [-0.15, -0.1) is 11.3 Å². The zero-order chi connectivity index (χ0) is 13.1. The van der Waals surface area contributed by atoms with Crippen LogP contribution in [0.5, 0.6) is 6.01 Å². The summed E-state index contributed by atoms with van der Waals surface area (Å²) in [5.41, 5.74) is 6.55. The Morgan fingerprint density at radius 1 is 1.33 bits per heavy atom. The predicted octanol–water partition coefficient (Wildman–Crippen LogP) is 1.40. The van der Waals surface area contributed by atoms with Gasteiger partial charge in [-0.1, -0.05) is 0 Å². The van der Waals surface area contributed by atoms with Crippen molar-refractivity contribution >= 4 is 23.2 Å². The number of nitrogen functional groups attached to an aromatic ring is 1. The molecule has 0 amide bonds. The summed E-state index contributed by atoms with van der Waals surface area (Å²) in [6, 6.07) is 0.183. The third-order valence-electron chi connectivity index (χ3n) is 2.17. The van der Waals surface area contributed by atoms with E-state index in [4.69, 9.17) is 10.5 Å². The second-order valence-electron chi connectivity index (χ2n) is 3.70. The van der Waals surface area contributed by atoms with Gasteiger partial charge in [0.15, 0.2) is 0 Å². The number of nitrogens with two attached hydrogens (primary N) is 1. The fourth-order valence-corrected chi connectivity index (χ4v) is 2.16. The van der Waals surface area contributed by atoms with Gasteiger partial charge in [-0.25, -0.2) is 4.98 Å². The van der Waals surface area contributed by atoms with E-state index in [2.05, 4.69) is 25.3 Å². The summed E-state index contributed by atoms with van der Waals surface area (Å²) in [6.45, 7) is 3.93. The van der Waals surface area contributed by atoms with E-state index in [1.807, 2.05) is 19.2 Å². The summed E-state index contributed by atoms with van der Waals surface area (Å²) in [6.07, 6.45) is 0. The minimum absolute atomic E-state index is 0.00444. The maximum Gasteiger partial charge on any atom is 0.322 e. The van der Waals surface area contributed by atoms with E-state index in [1.54, 1.807) is 11.3 Å². The van der Waals surface area contributed by atoms with Crippen LogP contribution in [-0.2, 0) is 0 Å². The maximum absolute atomic E-state index is 5.56. The summed E-state index contributed by atoms with van der Waals surface area (Å²) in [5, 5.41) is 6.07. The number of aryl methyl sites for hydroxylation is 1. The van der Waals surface area contributed by atoms with Gasteiger partial charge in [-0.2, -0.15) is 15.0 Å². The normalized spacial score (nSPS) is 12.2. The molecule has 0 saturated carbocycles. The summed E-state index contributed by atoms with van der Waals surface area (Å²) in [5.74, 6) is 0.492. The van der Waals surface area contributed by atoms with Crippen molar-refractivity contribution in [3.63, 3.8) is 0 Å². The molecular weight excluding hydrogens is 252 g/mol. The molecule has 7 nitrogen and oxygen atoms in total. The molecule has 3 N–H and O–H groups in total. The Hall–Kier alpha value is -1.96. The molecule has 2 aromatic heterocycles. The quantitative estimate of drug-likeness (QED) is 0.862. The molecule has 0 radical (unpaired) electrons. The smallest absolute Gasteiger partial charge is 0.322 e. The number of rotatable bonds is 4. The van der Waals surface area contributed by atoms with Crippen molar-refractivity contribution in [1.82, 2.24) is 19.9 Å². The molecule has 2 rings (SSSR count). The van der Waals surface area contributed by atoms with Crippen molar-refractivity contribution in [3.8, 4) is 6.01 Å².